The molecule has 5 heteroatoms. The molecule has 0 aliphatic carbocycles. The first-order valence-electron chi connectivity index (χ1n) is 8.60. The van der Waals surface area contributed by atoms with Crippen LogP contribution in [0.15, 0.2) is 54.6 Å². The smallest absolute Gasteiger partial charge is 0.258 e. The third kappa shape index (κ3) is 4.25. The molecule has 0 spiro atoms. The molecule has 2 N–H and O–H groups in total. The zero-order valence-corrected chi connectivity index (χ0v) is 14.4. The lowest BCUT2D eigenvalue weighted by Crippen LogP contribution is -2.37. The molecule has 0 radical (unpaired) electrons. The number of rotatable bonds is 5. The van der Waals surface area contributed by atoms with Crippen LogP contribution >= 0.6 is 0 Å². The minimum absolute atomic E-state index is 0.140. The highest BCUT2D eigenvalue weighted by molar-refractivity contribution is 6.07. The second-order valence-corrected chi connectivity index (χ2v) is 6.28. The number of hydrogen-bond acceptors (Lipinski definition) is 3. The highest BCUT2D eigenvalue weighted by Gasteiger charge is 2.17. The van der Waals surface area contributed by atoms with Gasteiger partial charge in [-0.3, -0.25) is 9.59 Å². The molecular formula is C20H23N3O2. The van der Waals surface area contributed by atoms with Gasteiger partial charge in [0.15, 0.2) is 0 Å². The molecule has 2 aromatic rings. The van der Waals surface area contributed by atoms with E-state index in [1.54, 1.807) is 36.2 Å². The predicted molar refractivity (Wildman–Crippen MR) is 99.0 cm³/mol. The molecule has 1 aliphatic rings. The predicted octanol–water partition coefficient (Wildman–Crippen LogP) is 2.45. The lowest BCUT2D eigenvalue weighted by atomic mass is 10.1. The highest BCUT2D eigenvalue weighted by Crippen LogP contribution is 2.16. The molecule has 5 nitrogen and oxygen atoms in total. The number of nitrogens with zero attached hydrogens (tertiary/aromatic N) is 1. The lowest BCUT2D eigenvalue weighted by molar-refractivity contribution is 0.0950. The quantitative estimate of drug-likeness (QED) is 0.881. The van der Waals surface area contributed by atoms with Gasteiger partial charge >= 0.3 is 0 Å². The van der Waals surface area contributed by atoms with Crippen molar-refractivity contribution in [1.29, 1.82) is 0 Å². The van der Waals surface area contributed by atoms with E-state index in [2.05, 4.69) is 10.6 Å². The van der Waals surface area contributed by atoms with Gasteiger partial charge in [-0.2, -0.15) is 0 Å². The normalized spacial score (nSPS) is 16.4. The Balaban J connectivity index is 1.67. The molecule has 0 aromatic heterocycles. The van der Waals surface area contributed by atoms with Crippen molar-refractivity contribution in [1.82, 2.24) is 10.6 Å². The van der Waals surface area contributed by atoms with Crippen molar-refractivity contribution in [3.8, 4) is 0 Å². The first-order chi connectivity index (χ1) is 12.1. The molecule has 130 valence electrons. The summed E-state index contributed by atoms with van der Waals surface area (Å²) in [7, 11) is 1.73. The van der Waals surface area contributed by atoms with Crippen LogP contribution in [0.5, 0.6) is 0 Å². The molecule has 1 aliphatic heterocycles. The van der Waals surface area contributed by atoms with Crippen molar-refractivity contribution < 1.29 is 9.59 Å². The number of para-hydroxylation sites is 1. The van der Waals surface area contributed by atoms with Gasteiger partial charge in [0, 0.05) is 36.4 Å². The Labute approximate surface area is 148 Å². The minimum Gasteiger partial charge on any atom is -0.350 e. The molecular weight excluding hydrogens is 314 g/mol. The summed E-state index contributed by atoms with van der Waals surface area (Å²) in [5.41, 5.74) is 1.82. The summed E-state index contributed by atoms with van der Waals surface area (Å²) in [6, 6.07) is 16.7. The Morgan fingerprint density at radius 2 is 1.88 bits per heavy atom. The Bertz CT molecular complexity index is 740. The van der Waals surface area contributed by atoms with Crippen LogP contribution in [-0.2, 0) is 0 Å². The number of amides is 2. The second-order valence-electron chi connectivity index (χ2n) is 6.28. The summed E-state index contributed by atoms with van der Waals surface area (Å²) in [4.78, 5) is 26.6. The number of hydrogen-bond donors (Lipinski definition) is 2. The standard InChI is InChI=1S/C20H23N3O2/c1-23(18-10-3-2-4-11-18)20(25)16-8-5-7-15(13-16)19(24)22-14-17-9-6-12-21-17/h2-5,7-8,10-11,13,17,21H,6,9,12,14H2,1H3,(H,22,24). The van der Waals surface area contributed by atoms with Crippen molar-refractivity contribution >= 4 is 17.5 Å². The molecule has 0 saturated carbocycles. The van der Waals surface area contributed by atoms with Gasteiger partial charge in [0.2, 0.25) is 0 Å². The van der Waals surface area contributed by atoms with Crippen molar-refractivity contribution in [2.45, 2.75) is 18.9 Å². The molecule has 1 saturated heterocycles. The number of nitrogens with one attached hydrogen (secondary N) is 2. The SMILES string of the molecule is CN(C(=O)c1cccc(C(=O)NCC2CCCN2)c1)c1ccccc1. The van der Waals surface area contributed by atoms with E-state index in [0.717, 1.165) is 25.1 Å². The third-order valence-electron chi connectivity index (χ3n) is 4.49. The van der Waals surface area contributed by atoms with Gasteiger partial charge in [-0.05, 0) is 49.7 Å². The van der Waals surface area contributed by atoms with Crippen molar-refractivity contribution in [2.24, 2.45) is 0 Å². The molecule has 1 heterocycles. The summed E-state index contributed by atoms with van der Waals surface area (Å²) in [6.45, 7) is 1.62. The molecule has 2 aromatic carbocycles. The van der Waals surface area contributed by atoms with Crippen LogP contribution in [-0.4, -0.2) is 38.0 Å². The van der Waals surface area contributed by atoms with E-state index >= 15 is 0 Å². The van der Waals surface area contributed by atoms with E-state index in [9.17, 15) is 9.59 Å². The van der Waals surface area contributed by atoms with E-state index in [-0.39, 0.29) is 11.8 Å². The molecule has 3 rings (SSSR count). The Morgan fingerprint density at radius 3 is 2.60 bits per heavy atom. The van der Waals surface area contributed by atoms with Crippen LogP contribution in [0.4, 0.5) is 5.69 Å². The Kier molecular flexibility index (Phi) is 5.46. The molecule has 1 fully saturated rings. The highest BCUT2D eigenvalue weighted by atomic mass is 16.2. The van der Waals surface area contributed by atoms with Gasteiger partial charge in [0.1, 0.15) is 0 Å². The van der Waals surface area contributed by atoms with Crippen LogP contribution in [0, 0.1) is 0 Å². The van der Waals surface area contributed by atoms with Crippen LogP contribution in [0.25, 0.3) is 0 Å². The van der Waals surface area contributed by atoms with Crippen LogP contribution < -0.4 is 15.5 Å². The summed E-state index contributed by atoms with van der Waals surface area (Å²) in [6.07, 6.45) is 2.23. The number of carbonyl (C=O) groups excluding carboxylic acids is 2. The molecule has 2 amide bonds. The largest absolute Gasteiger partial charge is 0.350 e. The van der Waals surface area contributed by atoms with Gasteiger partial charge in [-0.1, -0.05) is 24.3 Å². The van der Waals surface area contributed by atoms with Gasteiger partial charge in [-0.15, -0.1) is 0 Å². The summed E-state index contributed by atoms with van der Waals surface area (Å²) < 4.78 is 0. The van der Waals surface area contributed by atoms with Crippen molar-refractivity contribution in [2.75, 3.05) is 25.0 Å². The summed E-state index contributed by atoms with van der Waals surface area (Å²) in [5, 5.41) is 6.29. The number of carbonyl (C=O) groups is 2. The molecule has 25 heavy (non-hydrogen) atoms. The van der Waals surface area contributed by atoms with Gasteiger partial charge in [0.25, 0.3) is 11.8 Å². The zero-order chi connectivity index (χ0) is 17.6. The van der Waals surface area contributed by atoms with Crippen LogP contribution in [0.3, 0.4) is 0 Å². The van der Waals surface area contributed by atoms with Gasteiger partial charge in [0.05, 0.1) is 0 Å². The van der Waals surface area contributed by atoms with E-state index in [4.69, 9.17) is 0 Å². The third-order valence-corrected chi connectivity index (χ3v) is 4.49. The van der Waals surface area contributed by atoms with Gasteiger partial charge in [-0.25, -0.2) is 0 Å². The monoisotopic (exact) mass is 337 g/mol. The average molecular weight is 337 g/mol. The number of anilines is 1. The Hall–Kier alpha value is -2.66. The molecule has 1 unspecified atom stereocenters. The van der Waals surface area contributed by atoms with Crippen LogP contribution in [0.2, 0.25) is 0 Å². The molecule has 1 atom stereocenters. The summed E-state index contributed by atoms with van der Waals surface area (Å²) >= 11 is 0. The summed E-state index contributed by atoms with van der Waals surface area (Å²) in [5.74, 6) is -0.288. The fraction of sp³-hybridized carbons (Fsp3) is 0.300. The fourth-order valence-electron chi connectivity index (χ4n) is 3.00. The van der Waals surface area contributed by atoms with Crippen LogP contribution in [0.1, 0.15) is 33.6 Å². The van der Waals surface area contributed by atoms with Crippen molar-refractivity contribution in [3.63, 3.8) is 0 Å². The Morgan fingerprint density at radius 1 is 1.12 bits per heavy atom. The van der Waals surface area contributed by atoms with E-state index in [0.29, 0.717) is 23.7 Å². The van der Waals surface area contributed by atoms with Gasteiger partial charge < -0.3 is 15.5 Å². The first-order valence-corrected chi connectivity index (χ1v) is 8.60. The minimum atomic E-state index is -0.147. The second kappa shape index (κ2) is 7.94. The van der Waals surface area contributed by atoms with E-state index in [1.165, 1.54) is 0 Å². The maximum Gasteiger partial charge on any atom is 0.258 e. The fourth-order valence-corrected chi connectivity index (χ4v) is 3.00. The van der Waals surface area contributed by atoms with E-state index in [1.807, 2.05) is 30.3 Å². The average Bonchev–Trinajstić information content (AvgIpc) is 3.19. The number of benzene rings is 2. The van der Waals surface area contributed by atoms with Crippen molar-refractivity contribution in [3.05, 3.63) is 65.7 Å². The topological polar surface area (TPSA) is 61.4 Å². The maximum atomic E-state index is 12.7. The maximum absolute atomic E-state index is 12.7. The molecule has 0 bridgehead atoms. The lowest BCUT2D eigenvalue weighted by Gasteiger charge is -2.17. The zero-order valence-electron chi connectivity index (χ0n) is 14.4. The van der Waals surface area contributed by atoms with E-state index < -0.39 is 0 Å². The first kappa shape index (κ1) is 17.2.